The van der Waals surface area contributed by atoms with Crippen molar-refractivity contribution in [1.29, 1.82) is 0 Å². The van der Waals surface area contributed by atoms with Gasteiger partial charge >= 0.3 is 0 Å². The van der Waals surface area contributed by atoms with Gasteiger partial charge < -0.3 is 10.1 Å². The first-order valence-electron chi connectivity index (χ1n) is 4.71. The molecule has 2 atom stereocenters. The van der Waals surface area contributed by atoms with Crippen molar-refractivity contribution in [3.63, 3.8) is 0 Å². The zero-order chi connectivity index (χ0) is 10.6. The molecule has 1 N–H and O–H groups in total. The molecule has 14 heavy (non-hydrogen) atoms. The Morgan fingerprint density at radius 2 is 2.43 bits per heavy atom. The van der Waals surface area contributed by atoms with Gasteiger partial charge in [-0.2, -0.15) is 0 Å². The summed E-state index contributed by atoms with van der Waals surface area (Å²) in [5, 5.41) is 2.65. The molecule has 0 radical (unpaired) electrons. The summed E-state index contributed by atoms with van der Waals surface area (Å²) in [4.78, 5) is 21.7. The first kappa shape index (κ1) is 10.7. The second-order valence-corrected chi connectivity index (χ2v) is 3.54. The summed E-state index contributed by atoms with van der Waals surface area (Å²) >= 11 is 0. The summed E-state index contributed by atoms with van der Waals surface area (Å²) in [5.74, 6) is -0.0501. The maximum Gasteiger partial charge on any atom is 0.217 e. The van der Waals surface area contributed by atoms with Crippen molar-refractivity contribution >= 4 is 12.2 Å². The standard InChI is InChI=1S/C11H15NO2/c1-8-5-3-4-6-10(8)11(7-13)12-9(2)14/h3-5,7,10-11H,6H2,1-2H3,(H,12,14)/t10?,11-/m1/s1. The predicted octanol–water partition coefficient (Wildman–Crippen LogP) is 1.21. The van der Waals surface area contributed by atoms with Gasteiger partial charge in [-0.15, -0.1) is 0 Å². The molecule has 0 saturated carbocycles. The molecule has 1 amide bonds. The molecule has 76 valence electrons. The van der Waals surface area contributed by atoms with E-state index in [1.807, 2.05) is 25.2 Å². The Kier molecular flexibility index (Phi) is 3.63. The van der Waals surface area contributed by atoms with Crippen LogP contribution >= 0.6 is 0 Å². The molecule has 0 aromatic rings. The lowest BCUT2D eigenvalue weighted by Gasteiger charge is -2.24. The number of aldehydes is 1. The van der Waals surface area contributed by atoms with Crippen molar-refractivity contribution < 1.29 is 9.59 Å². The van der Waals surface area contributed by atoms with Crippen LogP contribution < -0.4 is 5.32 Å². The van der Waals surface area contributed by atoms with Crippen molar-refractivity contribution in [2.75, 3.05) is 0 Å². The normalized spacial score (nSPS) is 22.4. The summed E-state index contributed by atoms with van der Waals surface area (Å²) in [6, 6.07) is -0.395. The van der Waals surface area contributed by atoms with Gasteiger partial charge in [0.15, 0.2) is 0 Å². The van der Waals surface area contributed by atoms with Crippen LogP contribution in [0, 0.1) is 5.92 Å². The average molecular weight is 193 g/mol. The van der Waals surface area contributed by atoms with E-state index in [9.17, 15) is 9.59 Å². The minimum Gasteiger partial charge on any atom is -0.346 e. The first-order valence-corrected chi connectivity index (χ1v) is 4.71. The lowest BCUT2D eigenvalue weighted by molar-refractivity contribution is -0.122. The molecular formula is C11H15NO2. The van der Waals surface area contributed by atoms with Crippen LogP contribution in [-0.2, 0) is 9.59 Å². The summed E-state index contributed by atoms with van der Waals surface area (Å²) in [7, 11) is 0. The van der Waals surface area contributed by atoms with E-state index in [0.29, 0.717) is 0 Å². The van der Waals surface area contributed by atoms with E-state index in [0.717, 1.165) is 18.3 Å². The quantitative estimate of drug-likeness (QED) is 0.685. The molecule has 3 nitrogen and oxygen atoms in total. The maximum atomic E-state index is 10.9. The maximum absolute atomic E-state index is 10.9. The van der Waals surface area contributed by atoms with Crippen molar-refractivity contribution in [2.45, 2.75) is 26.3 Å². The fourth-order valence-corrected chi connectivity index (χ4v) is 1.65. The van der Waals surface area contributed by atoms with Crippen LogP contribution in [0.5, 0.6) is 0 Å². The smallest absolute Gasteiger partial charge is 0.217 e. The Morgan fingerprint density at radius 1 is 1.71 bits per heavy atom. The van der Waals surface area contributed by atoms with Crippen LogP contribution in [0.25, 0.3) is 0 Å². The van der Waals surface area contributed by atoms with E-state index in [4.69, 9.17) is 0 Å². The number of rotatable bonds is 3. The fourth-order valence-electron chi connectivity index (χ4n) is 1.65. The van der Waals surface area contributed by atoms with Crippen LogP contribution in [0.3, 0.4) is 0 Å². The molecule has 0 saturated heterocycles. The summed E-state index contributed by atoms with van der Waals surface area (Å²) in [6.07, 6.45) is 7.58. The molecule has 0 aromatic heterocycles. The third-order valence-corrected chi connectivity index (χ3v) is 2.42. The van der Waals surface area contributed by atoms with Crippen LogP contribution in [0.2, 0.25) is 0 Å². The van der Waals surface area contributed by atoms with Gasteiger partial charge in [0.1, 0.15) is 6.29 Å². The second kappa shape index (κ2) is 4.74. The number of carbonyl (C=O) groups is 2. The molecule has 0 aromatic carbocycles. The minimum absolute atomic E-state index is 0.112. The minimum atomic E-state index is -0.395. The van der Waals surface area contributed by atoms with Gasteiger partial charge in [0.05, 0.1) is 6.04 Å². The van der Waals surface area contributed by atoms with E-state index >= 15 is 0 Å². The molecule has 0 heterocycles. The van der Waals surface area contributed by atoms with Gasteiger partial charge in [0.2, 0.25) is 5.91 Å². The highest BCUT2D eigenvalue weighted by atomic mass is 16.2. The van der Waals surface area contributed by atoms with Crippen molar-refractivity contribution in [2.24, 2.45) is 5.92 Å². The highest BCUT2D eigenvalue weighted by molar-refractivity contribution is 5.77. The van der Waals surface area contributed by atoms with Crippen molar-refractivity contribution in [3.8, 4) is 0 Å². The fraction of sp³-hybridized carbons (Fsp3) is 0.455. The largest absolute Gasteiger partial charge is 0.346 e. The molecule has 1 aliphatic rings. The number of carbonyl (C=O) groups excluding carboxylic acids is 2. The van der Waals surface area contributed by atoms with Crippen LogP contribution in [0.4, 0.5) is 0 Å². The van der Waals surface area contributed by atoms with Gasteiger partial charge in [-0.05, 0) is 13.3 Å². The summed E-state index contributed by atoms with van der Waals surface area (Å²) in [5.41, 5.74) is 1.14. The molecule has 0 bridgehead atoms. The lowest BCUT2D eigenvalue weighted by Crippen LogP contribution is -2.41. The van der Waals surface area contributed by atoms with Crippen molar-refractivity contribution in [3.05, 3.63) is 23.8 Å². The second-order valence-electron chi connectivity index (χ2n) is 3.54. The number of hydrogen-bond acceptors (Lipinski definition) is 2. The number of amides is 1. The van der Waals surface area contributed by atoms with E-state index < -0.39 is 6.04 Å². The Hall–Kier alpha value is -1.38. The van der Waals surface area contributed by atoms with Crippen LogP contribution in [0.15, 0.2) is 23.8 Å². The van der Waals surface area contributed by atoms with Gasteiger partial charge in [-0.3, -0.25) is 4.79 Å². The SMILES string of the molecule is CC(=O)N[C@H](C=O)C1CC=CC=C1C. The van der Waals surface area contributed by atoms with Gasteiger partial charge in [-0.25, -0.2) is 0 Å². The van der Waals surface area contributed by atoms with Gasteiger partial charge in [0, 0.05) is 12.8 Å². The highest BCUT2D eigenvalue weighted by Gasteiger charge is 2.23. The Morgan fingerprint density at radius 3 is 2.93 bits per heavy atom. The molecule has 3 heteroatoms. The summed E-state index contributed by atoms with van der Waals surface area (Å²) in [6.45, 7) is 3.40. The molecule has 1 unspecified atom stereocenters. The molecule has 1 aliphatic carbocycles. The topological polar surface area (TPSA) is 46.2 Å². The number of nitrogens with one attached hydrogen (secondary N) is 1. The Bertz CT molecular complexity index is 292. The third kappa shape index (κ3) is 2.55. The monoisotopic (exact) mass is 193 g/mol. The zero-order valence-electron chi connectivity index (χ0n) is 8.49. The average Bonchev–Trinajstić information content (AvgIpc) is 2.15. The van der Waals surface area contributed by atoms with E-state index in [1.165, 1.54) is 6.92 Å². The third-order valence-electron chi connectivity index (χ3n) is 2.42. The van der Waals surface area contributed by atoms with E-state index in [1.54, 1.807) is 0 Å². The molecule has 0 aliphatic heterocycles. The molecule has 1 rings (SSSR count). The summed E-state index contributed by atoms with van der Waals surface area (Å²) < 4.78 is 0. The van der Waals surface area contributed by atoms with Crippen LogP contribution in [-0.4, -0.2) is 18.2 Å². The van der Waals surface area contributed by atoms with Crippen LogP contribution in [0.1, 0.15) is 20.3 Å². The van der Waals surface area contributed by atoms with Crippen molar-refractivity contribution in [1.82, 2.24) is 5.32 Å². The zero-order valence-corrected chi connectivity index (χ0v) is 8.49. The van der Waals surface area contributed by atoms with Gasteiger partial charge in [0.25, 0.3) is 0 Å². The number of allylic oxidation sites excluding steroid dienone is 3. The van der Waals surface area contributed by atoms with Gasteiger partial charge in [-0.1, -0.05) is 23.8 Å². The Balaban J connectivity index is 2.70. The Labute approximate surface area is 83.9 Å². The highest BCUT2D eigenvalue weighted by Crippen LogP contribution is 2.22. The first-order chi connectivity index (χ1) is 6.65. The van der Waals surface area contributed by atoms with E-state index in [-0.39, 0.29) is 11.8 Å². The number of hydrogen-bond donors (Lipinski definition) is 1. The van der Waals surface area contributed by atoms with E-state index in [2.05, 4.69) is 5.32 Å². The molecule has 0 fully saturated rings. The molecular weight excluding hydrogens is 178 g/mol. The molecule has 0 spiro atoms. The lowest BCUT2D eigenvalue weighted by atomic mass is 9.87. The predicted molar refractivity (Wildman–Crippen MR) is 54.7 cm³/mol.